The number of carbonyl (C=O) groups is 1. The van der Waals surface area contributed by atoms with Crippen LogP contribution in [0.2, 0.25) is 0 Å². The van der Waals surface area contributed by atoms with Crippen molar-refractivity contribution in [2.24, 2.45) is 0 Å². The van der Waals surface area contributed by atoms with Crippen LogP contribution in [0.5, 0.6) is 11.5 Å². The summed E-state index contributed by atoms with van der Waals surface area (Å²) >= 11 is 0. The summed E-state index contributed by atoms with van der Waals surface area (Å²) in [4.78, 5) is 16.6. The van der Waals surface area contributed by atoms with E-state index in [1.165, 1.54) is 0 Å². The van der Waals surface area contributed by atoms with Crippen LogP contribution in [0.1, 0.15) is 22.7 Å². The lowest BCUT2D eigenvalue weighted by atomic mass is 9.82. The second-order valence-corrected chi connectivity index (χ2v) is 6.52. The van der Waals surface area contributed by atoms with Crippen LogP contribution in [0.3, 0.4) is 0 Å². The number of likely N-dealkylation sites (N-methyl/N-ethyl adjacent to an activating group) is 1. The van der Waals surface area contributed by atoms with Crippen LogP contribution in [-0.4, -0.2) is 74.6 Å². The highest BCUT2D eigenvalue weighted by atomic mass is 16.5. The summed E-state index contributed by atoms with van der Waals surface area (Å²) in [6.07, 6.45) is 0.0881. The molecule has 2 aliphatic heterocycles. The molecule has 2 heterocycles. The van der Waals surface area contributed by atoms with E-state index < -0.39 is 6.23 Å². The first-order chi connectivity index (χ1) is 12.0. The minimum Gasteiger partial charge on any atom is -0.496 e. The topological polar surface area (TPSA) is 71.5 Å². The first-order valence-electron chi connectivity index (χ1n) is 8.40. The van der Waals surface area contributed by atoms with Gasteiger partial charge in [-0.05, 0) is 25.6 Å². The first-order valence-corrected chi connectivity index (χ1v) is 8.40. The minimum absolute atomic E-state index is 0.0270. The maximum Gasteiger partial charge on any atom is 0.242 e. The first kappa shape index (κ1) is 18.0. The number of hydrogen-bond acceptors (Lipinski definition) is 6. The third-order valence-corrected chi connectivity index (χ3v) is 5.42. The molecule has 2 bridgehead atoms. The summed E-state index contributed by atoms with van der Waals surface area (Å²) in [5, 5.41) is 9.37. The van der Waals surface area contributed by atoms with Crippen LogP contribution < -0.4 is 9.47 Å². The van der Waals surface area contributed by atoms with Crippen molar-refractivity contribution in [1.29, 1.82) is 0 Å². The number of hydrogen-bond donors (Lipinski definition) is 1. The van der Waals surface area contributed by atoms with Crippen molar-refractivity contribution >= 4 is 5.91 Å². The van der Waals surface area contributed by atoms with Crippen LogP contribution >= 0.6 is 0 Å². The summed E-state index contributed by atoms with van der Waals surface area (Å²) in [6, 6.07) is 1.58. The van der Waals surface area contributed by atoms with Gasteiger partial charge in [-0.2, -0.15) is 0 Å². The summed E-state index contributed by atoms with van der Waals surface area (Å²) in [7, 11) is 6.81. The van der Waals surface area contributed by atoms with Crippen molar-refractivity contribution in [1.82, 2.24) is 9.80 Å². The van der Waals surface area contributed by atoms with Gasteiger partial charge in [-0.1, -0.05) is 0 Å². The molecule has 25 heavy (non-hydrogen) atoms. The summed E-state index contributed by atoms with van der Waals surface area (Å²) < 4.78 is 16.9. The molecule has 3 unspecified atom stereocenters. The largest absolute Gasteiger partial charge is 0.496 e. The Labute approximate surface area is 148 Å². The van der Waals surface area contributed by atoms with Gasteiger partial charge in [0.1, 0.15) is 11.5 Å². The van der Waals surface area contributed by atoms with E-state index in [4.69, 9.17) is 14.2 Å². The quantitative estimate of drug-likeness (QED) is 0.844. The standard InChI is InChI=1S/C18H26N2O5/c1-10-14(23-3)9-11-12(16(10)24-4)8-13-17(22)20(6-7-21)18(25-5)15(11)19(13)2/h9,13,15,18,21H,6-8H2,1-5H3. The van der Waals surface area contributed by atoms with Crippen LogP contribution in [0, 0.1) is 6.92 Å². The zero-order valence-electron chi connectivity index (χ0n) is 15.4. The number of carbonyl (C=O) groups excluding carboxylic acids is 1. The molecule has 0 aliphatic carbocycles. The zero-order valence-corrected chi connectivity index (χ0v) is 15.4. The van der Waals surface area contributed by atoms with Crippen molar-refractivity contribution in [3.8, 4) is 11.5 Å². The number of ether oxygens (including phenoxy) is 3. The smallest absolute Gasteiger partial charge is 0.242 e. The van der Waals surface area contributed by atoms with Crippen LogP contribution in [0.15, 0.2) is 6.07 Å². The molecule has 3 atom stereocenters. The third-order valence-electron chi connectivity index (χ3n) is 5.42. The van der Waals surface area contributed by atoms with E-state index in [-0.39, 0.29) is 31.1 Å². The molecule has 2 aliphatic rings. The average Bonchev–Trinajstić information content (AvgIpc) is 2.60. The maximum absolute atomic E-state index is 13.0. The molecule has 1 saturated heterocycles. The predicted molar refractivity (Wildman–Crippen MR) is 91.9 cm³/mol. The van der Waals surface area contributed by atoms with Gasteiger partial charge in [0, 0.05) is 31.2 Å². The Morgan fingerprint density at radius 1 is 1.28 bits per heavy atom. The van der Waals surface area contributed by atoms with Crippen molar-refractivity contribution in [3.63, 3.8) is 0 Å². The number of β-amino-alcohol motifs (C(OH)–C–C–N with tert-alkyl or cyclic N) is 1. The van der Waals surface area contributed by atoms with Crippen molar-refractivity contribution in [3.05, 3.63) is 22.8 Å². The highest BCUT2D eigenvalue weighted by molar-refractivity contribution is 5.84. The van der Waals surface area contributed by atoms with Crippen LogP contribution in [0.4, 0.5) is 0 Å². The molecular weight excluding hydrogens is 324 g/mol. The van der Waals surface area contributed by atoms with E-state index in [1.54, 1.807) is 26.2 Å². The van der Waals surface area contributed by atoms with Gasteiger partial charge in [0.2, 0.25) is 5.91 Å². The van der Waals surface area contributed by atoms with Gasteiger partial charge in [-0.3, -0.25) is 9.69 Å². The van der Waals surface area contributed by atoms with Crippen molar-refractivity contribution < 1.29 is 24.1 Å². The van der Waals surface area contributed by atoms with Gasteiger partial charge in [-0.25, -0.2) is 0 Å². The molecule has 7 nitrogen and oxygen atoms in total. The lowest BCUT2D eigenvalue weighted by molar-refractivity contribution is -0.177. The third kappa shape index (κ3) is 2.58. The Hall–Kier alpha value is -1.83. The Kier molecular flexibility index (Phi) is 4.90. The Bertz CT molecular complexity index is 678. The molecular formula is C18H26N2O5. The second-order valence-electron chi connectivity index (χ2n) is 6.52. The SMILES string of the molecule is COc1cc2c(c(OC)c1C)CC1C(=O)N(CCO)C(OC)C2N1C. The van der Waals surface area contributed by atoms with Crippen molar-refractivity contribution in [2.45, 2.75) is 31.7 Å². The molecule has 1 aromatic rings. The fraction of sp³-hybridized carbons (Fsp3) is 0.611. The monoisotopic (exact) mass is 350 g/mol. The molecule has 1 amide bonds. The summed E-state index contributed by atoms with van der Waals surface area (Å²) in [5.74, 6) is 1.50. The Balaban J connectivity index is 2.20. The molecule has 138 valence electrons. The fourth-order valence-electron chi connectivity index (χ4n) is 4.22. The molecule has 0 aromatic heterocycles. The van der Waals surface area contributed by atoms with E-state index in [0.717, 1.165) is 28.2 Å². The molecule has 0 saturated carbocycles. The molecule has 1 aromatic carbocycles. The molecule has 1 N–H and O–H groups in total. The molecule has 3 rings (SSSR count). The summed E-state index contributed by atoms with van der Waals surface area (Å²) in [6.45, 7) is 2.12. The Morgan fingerprint density at radius 3 is 2.56 bits per heavy atom. The minimum atomic E-state index is -0.475. The lowest BCUT2D eigenvalue weighted by Crippen LogP contribution is -2.65. The van der Waals surface area contributed by atoms with Crippen LogP contribution in [0.25, 0.3) is 0 Å². The lowest BCUT2D eigenvalue weighted by Gasteiger charge is -2.52. The molecule has 0 radical (unpaired) electrons. The van der Waals surface area contributed by atoms with E-state index in [1.807, 2.05) is 20.0 Å². The van der Waals surface area contributed by atoms with Gasteiger partial charge in [-0.15, -0.1) is 0 Å². The number of rotatable bonds is 5. The number of amides is 1. The molecule has 0 spiro atoms. The summed E-state index contributed by atoms with van der Waals surface area (Å²) in [5.41, 5.74) is 3.01. The highest BCUT2D eigenvalue weighted by Gasteiger charge is 2.50. The van der Waals surface area contributed by atoms with Gasteiger partial charge >= 0.3 is 0 Å². The number of benzene rings is 1. The maximum atomic E-state index is 13.0. The number of aliphatic hydroxyl groups is 1. The van der Waals surface area contributed by atoms with Gasteiger partial charge in [0.25, 0.3) is 0 Å². The Morgan fingerprint density at radius 2 is 2.00 bits per heavy atom. The van der Waals surface area contributed by atoms with Gasteiger partial charge in [0.05, 0.1) is 32.9 Å². The number of nitrogens with zero attached hydrogens (tertiary/aromatic N) is 2. The molecule has 1 fully saturated rings. The van der Waals surface area contributed by atoms with E-state index >= 15 is 0 Å². The van der Waals surface area contributed by atoms with Crippen molar-refractivity contribution in [2.75, 3.05) is 41.5 Å². The highest BCUT2D eigenvalue weighted by Crippen LogP contribution is 2.47. The zero-order chi connectivity index (χ0) is 18.3. The number of piperazine rings is 1. The fourth-order valence-corrected chi connectivity index (χ4v) is 4.22. The number of fused-ring (bicyclic) bond motifs is 4. The van der Waals surface area contributed by atoms with E-state index in [2.05, 4.69) is 4.90 Å². The van der Waals surface area contributed by atoms with Gasteiger partial charge < -0.3 is 24.2 Å². The number of methoxy groups -OCH3 is 3. The second kappa shape index (κ2) is 6.82. The van der Waals surface area contributed by atoms with Gasteiger partial charge in [0.15, 0.2) is 6.23 Å². The number of aliphatic hydroxyl groups excluding tert-OH is 1. The van der Waals surface area contributed by atoms with E-state index in [9.17, 15) is 9.90 Å². The normalized spacial score (nSPS) is 25.8. The molecule has 7 heteroatoms. The van der Waals surface area contributed by atoms with Crippen LogP contribution in [-0.2, 0) is 16.0 Å². The average molecular weight is 350 g/mol. The van der Waals surface area contributed by atoms with E-state index in [0.29, 0.717) is 6.42 Å². The predicted octanol–water partition coefficient (Wildman–Crippen LogP) is 0.717.